The minimum Gasteiger partial charge on any atom is -0.465 e. The molecule has 1 aliphatic carbocycles. The van der Waals surface area contributed by atoms with Gasteiger partial charge in [0.15, 0.2) is 4.34 Å². The second-order valence-electron chi connectivity index (χ2n) is 7.07. The van der Waals surface area contributed by atoms with Crippen LogP contribution in [0.2, 0.25) is 0 Å². The zero-order valence-electron chi connectivity index (χ0n) is 16.4. The first-order chi connectivity index (χ1) is 14.6. The normalized spacial score (nSPS) is 15.1. The molecule has 1 aliphatic rings. The van der Waals surface area contributed by atoms with Crippen LogP contribution in [0.5, 0.6) is 0 Å². The lowest BCUT2D eigenvalue weighted by Gasteiger charge is -2.25. The molecule has 30 heavy (non-hydrogen) atoms. The highest BCUT2D eigenvalue weighted by Crippen LogP contribution is 2.44. The Labute approximate surface area is 187 Å². The van der Waals surface area contributed by atoms with E-state index in [4.69, 9.17) is 4.74 Å². The molecule has 1 saturated carbocycles. The van der Waals surface area contributed by atoms with Gasteiger partial charge in [-0.2, -0.15) is 0 Å². The Kier molecular flexibility index (Phi) is 6.50. The Hall–Kier alpha value is -2.23. The number of aromatic nitrogens is 2. The number of nitrogens with one attached hydrogen (secondary N) is 1. The number of ether oxygens (including phenoxy) is 1. The fourth-order valence-corrected chi connectivity index (χ4v) is 6.34. The number of benzene rings is 1. The van der Waals surface area contributed by atoms with Crippen LogP contribution in [0.15, 0.2) is 46.1 Å². The number of thioether (sulfide) groups is 1. The molecular weight excluding hydrogens is 438 g/mol. The predicted molar refractivity (Wildman–Crippen MR) is 120 cm³/mol. The Balaban J connectivity index is 1.37. The van der Waals surface area contributed by atoms with E-state index in [0.29, 0.717) is 16.4 Å². The van der Waals surface area contributed by atoms with Crippen molar-refractivity contribution >= 4 is 51.4 Å². The number of esters is 1. The largest absolute Gasteiger partial charge is 0.465 e. The first-order valence-corrected chi connectivity index (χ1v) is 12.3. The van der Waals surface area contributed by atoms with Crippen LogP contribution in [0.25, 0.3) is 0 Å². The van der Waals surface area contributed by atoms with E-state index in [0.717, 1.165) is 40.5 Å². The molecule has 0 radical (unpaired) electrons. The van der Waals surface area contributed by atoms with Gasteiger partial charge < -0.3 is 4.74 Å². The van der Waals surface area contributed by atoms with Crippen LogP contribution in [0.4, 0.5) is 5.13 Å². The van der Waals surface area contributed by atoms with E-state index in [1.54, 1.807) is 35.2 Å². The molecule has 0 unspecified atom stereocenters. The van der Waals surface area contributed by atoms with Gasteiger partial charge in [-0.1, -0.05) is 54.1 Å². The van der Waals surface area contributed by atoms with Crippen LogP contribution in [0.1, 0.15) is 46.5 Å². The molecule has 0 bridgehead atoms. The average Bonchev–Trinajstić information content (AvgIpc) is 3.54. The summed E-state index contributed by atoms with van der Waals surface area (Å²) in [6.45, 7) is 0. The maximum Gasteiger partial charge on any atom is 0.337 e. The third-order valence-electron chi connectivity index (χ3n) is 5.25. The third kappa shape index (κ3) is 4.43. The molecule has 1 amide bonds. The minimum atomic E-state index is -0.436. The molecule has 0 atom stereocenters. The highest BCUT2D eigenvalue weighted by Gasteiger charge is 2.43. The van der Waals surface area contributed by atoms with Crippen LogP contribution in [0, 0.1) is 0 Å². The summed E-state index contributed by atoms with van der Waals surface area (Å²) < 4.78 is 5.50. The van der Waals surface area contributed by atoms with Gasteiger partial charge in [0.05, 0.1) is 18.1 Å². The molecule has 4 rings (SSSR count). The fourth-order valence-electron chi connectivity index (χ4n) is 3.65. The van der Waals surface area contributed by atoms with Gasteiger partial charge in [0.25, 0.3) is 0 Å². The van der Waals surface area contributed by atoms with E-state index in [-0.39, 0.29) is 11.9 Å². The first kappa shape index (κ1) is 21.0. The van der Waals surface area contributed by atoms with Gasteiger partial charge in [-0.15, -0.1) is 21.5 Å². The number of methoxy groups -OCH3 is 1. The molecular formula is C21H21N3O3S3. The Bertz CT molecular complexity index is 1010. The maximum absolute atomic E-state index is 13.1. The topological polar surface area (TPSA) is 81.2 Å². The number of rotatable bonds is 7. The summed E-state index contributed by atoms with van der Waals surface area (Å²) in [4.78, 5) is 25.8. The molecule has 6 nitrogen and oxygen atoms in total. The molecule has 156 valence electrons. The summed E-state index contributed by atoms with van der Waals surface area (Å²) in [5, 5.41) is 13.9. The fraction of sp³-hybridized carbons (Fsp3) is 0.333. The zero-order chi connectivity index (χ0) is 21.0. The second-order valence-corrected chi connectivity index (χ2v) is 10.2. The van der Waals surface area contributed by atoms with Gasteiger partial charge in [-0.05, 0) is 42.0 Å². The van der Waals surface area contributed by atoms with Gasteiger partial charge in [-0.3, -0.25) is 10.1 Å². The third-order valence-corrected chi connectivity index (χ3v) is 8.37. The average molecular weight is 460 g/mol. The molecule has 0 spiro atoms. The minimum absolute atomic E-state index is 0.0218. The van der Waals surface area contributed by atoms with Crippen LogP contribution in [-0.4, -0.2) is 29.2 Å². The number of carbonyl (C=O) groups is 2. The summed E-state index contributed by atoms with van der Waals surface area (Å²) in [5.74, 6) is 0.373. The van der Waals surface area contributed by atoms with Gasteiger partial charge in [0.1, 0.15) is 0 Å². The number of amides is 1. The summed E-state index contributed by atoms with van der Waals surface area (Å²) in [6.07, 6.45) is 3.89. The summed E-state index contributed by atoms with van der Waals surface area (Å²) >= 11 is 4.58. The SMILES string of the molecule is COC(=O)c1ccc(CSc2nnc(NC(=O)C3(c4cccs4)CCCC3)s2)cc1. The van der Waals surface area contributed by atoms with Crippen LogP contribution in [-0.2, 0) is 20.7 Å². The van der Waals surface area contributed by atoms with Gasteiger partial charge in [0.2, 0.25) is 11.0 Å². The molecule has 1 fully saturated rings. The van der Waals surface area contributed by atoms with Gasteiger partial charge in [-0.25, -0.2) is 4.79 Å². The lowest BCUT2D eigenvalue weighted by atomic mass is 9.83. The lowest BCUT2D eigenvalue weighted by molar-refractivity contribution is -0.121. The summed E-state index contributed by atoms with van der Waals surface area (Å²) in [5.41, 5.74) is 1.16. The van der Waals surface area contributed by atoms with Gasteiger partial charge >= 0.3 is 5.97 Å². The van der Waals surface area contributed by atoms with Crippen molar-refractivity contribution in [2.24, 2.45) is 0 Å². The number of carbonyl (C=O) groups excluding carboxylic acids is 2. The van der Waals surface area contributed by atoms with Crippen LogP contribution < -0.4 is 5.32 Å². The first-order valence-electron chi connectivity index (χ1n) is 9.60. The van der Waals surface area contributed by atoms with Crippen LogP contribution >= 0.6 is 34.4 Å². The quantitative estimate of drug-likeness (QED) is 0.300. The van der Waals surface area contributed by atoms with E-state index in [9.17, 15) is 9.59 Å². The molecule has 0 saturated heterocycles. The summed E-state index contributed by atoms with van der Waals surface area (Å²) in [7, 11) is 1.37. The molecule has 9 heteroatoms. The van der Waals surface area contributed by atoms with E-state index in [1.165, 1.54) is 18.4 Å². The molecule has 1 aromatic carbocycles. The van der Waals surface area contributed by atoms with Gasteiger partial charge in [0, 0.05) is 10.6 Å². The van der Waals surface area contributed by atoms with E-state index >= 15 is 0 Å². The second kappa shape index (κ2) is 9.28. The zero-order valence-corrected chi connectivity index (χ0v) is 18.9. The highest BCUT2D eigenvalue weighted by atomic mass is 32.2. The molecule has 2 aromatic heterocycles. The van der Waals surface area contributed by atoms with Crippen molar-refractivity contribution in [1.29, 1.82) is 0 Å². The Morgan fingerprint density at radius 2 is 1.93 bits per heavy atom. The molecule has 1 N–H and O–H groups in total. The molecule has 3 aromatic rings. The Morgan fingerprint density at radius 1 is 1.17 bits per heavy atom. The number of nitrogens with zero attached hydrogens (tertiary/aromatic N) is 2. The monoisotopic (exact) mass is 459 g/mol. The van der Waals surface area contributed by atoms with E-state index < -0.39 is 5.41 Å². The maximum atomic E-state index is 13.1. The number of thiophene rings is 1. The standard InChI is InChI=1S/C21H21N3O3S3/c1-27-17(25)15-8-6-14(7-9-15)13-29-20-24-23-19(30-20)22-18(26)21(10-2-3-11-21)16-5-4-12-28-16/h4-9,12H,2-3,10-11,13H2,1H3,(H,22,23,26). The lowest BCUT2D eigenvalue weighted by Crippen LogP contribution is -2.37. The molecule has 0 aliphatic heterocycles. The Morgan fingerprint density at radius 3 is 2.60 bits per heavy atom. The van der Waals surface area contributed by atoms with Crippen molar-refractivity contribution in [3.63, 3.8) is 0 Å². The number of hydrogen-bond acceptors (Lipinski definition) is 8. The molecule has 2 heterocycles. The number of anilines is 1. The van der Waals surface area contributed by atoms with Crippen molar-refractivity contribution in [1.82, 2.24) is 10.2 Å². The smallest absolute Gasteiger partial charge is 0.337 e. The van der Waals surface area contributed by atoms with E-state index in [1.807, 2.05) is 23.6 Å². The highest BCUT2D eigenvalue weighted by molar-refractivity contribution is 8.00. The van der Waals surface area contributed by atoms with Crippen molar-refractivity contribution < 1.29 is 14.3 Å². The predicted octanol–water partition coefficient (Wildman–Crippen LogP) is 5.13. The number of hydrogen-bond donors (Lipinski definition) is 1. The summed E-state index contributed by atoms with van der Waals surface area (Å²) in [6, 6.07) is 11.4. The van der Waals surface area contributed by atoms with Crippen molar-refractivity contribution in [2.75, 3.05) is 12.4 Å². The van der Waals surface area contributed by atoms with E-state index in [2.05, 4.69) is 21.6 Å². The van der Waals surface area contributed by atoms with Crippen molar-refractivity contribution in [3.05, 3.63) is 57.8 Å². The van der Waals surface area contributed by atoms with Crippen molar-refractivity contribution in [2.45, 2.75) is 41.2 Å². The van der Waals surface area contributed by atoms with Crippen molar-refractivity contribution in [3.8, 4) is 0 Å². The van der Waals surface area contributed by atoms with Crippen LogP contribution in [0.3, 0.4) is 0 Å².